The number of sulfone groups is 1. The third-order valence-corrected chi connectivity index (χ3v) is 8.08. The Labute approximate surface area is 185 Å². The van der Waals surface area contributed by atoms with Crippen LogP contribution in [0.3, 0.4) is 0 Å². The van der Waals surface area contributed by atoms with Gasteiger partial charge in [-0.1, -0.05) is 5.16 Å². The summed E-state index contributed by atoms with van der Waals surface area (Å²) in [4.78, 5) is 18.7. The van der Waals surface area contributed by atoms with Gasteiger partial charge in [0.15, 0.2) is 9.84 Å². The molecule has 1 aliphatic rings. The summed E-state index contributed by atoms with van der Waals surface area (Å²) in [6.07, 6.45) is 1.21. The number of carbonyl (C=O) groups is 1. The van der Waals surface area contributed by atoms with Crippen molar-refractivity contribution >= 4 is 27.1 Å². The molecule has 4 heterocycles. The third kappa shape index (κ3) is 4.72. The summed E-state index contributed by atoms with van der Waals surface area (Å²) >= 11 is 1.56. The van der Waals surface area contributed by atoms with E-state index in [2.05, 4.69) is 15.2 Å². The summed E-state index contributed by atoms with van der Waals surface area (Å²) in [5.41, 5.74) is 3.59. The second-order valence-electron chi connectivity index (χ2n) is 7.92. The Morgan fingerprint density at radius 2 is 2.19 bits per heavy atom. The van der Waals surface area contributed by atoms with E-state index in [0.29, 0.717) is 31.1 Å². The Balaban J connectivity index is 1.37. The van der Waals surface area contributed by atoms with Gasteiger partial charge in [0.05, 0.1) is 23.2 Å². The Kier molecular flexibility index (Phi) is 5.98. The van der Waals surface area contributed by atoms with Crippen LogP contribution in [0, 0.1) is 13.8 Å². The summed E-state index contributed by atoms with van der Waals surface area (Å²) in [5.74, 6) is 1.26. The first-order valence-corrected chi connectivity index (χ1v) is 12.8. The van der Waals surface area contributed by atoms with Crippen molar-refractivity contribution in [3.8, 4) is 11.4 Å². The van der Waals surface area contributed by atoms with Crippen LogP contribution in [0.4, 0.5) is 0 Å². The maximum Gasteiger partial charge on any atom is 0.227 e. The number of hydrogen-bond donors (Lipinski definition) is 0. The number of rotatable bonds is 7. The smallest absolute Gasteiger partial charge is 0.227 e. The van der Waals surface area contributed by atoms with Gasteiger partial charge in [-0.2, -0.15) is 21.4 Å². The highest BCUT2D eigenvalue weighted by atomic mass is 32.2. The molecule has 0 saturated carbocycles. The molecule has 0 spiro atoms. The van der Waals surface area contributed by atoms with Crippen LogP contribution < -0.4 is 0 Å². The van der Waals surface area contributed by atoms with E-state index in [9.17, 15) is 13.2 Å². The highest BCUT2D eigenvalue weighted by Crippen LogP contribution is 2.27. The molecule has 1 aliphatic heterocycles. The van der Waals surface area contributed by atoms with E-state index in [-0.39, 0.29) is 29.9 Å². The van der Waals surface area contributed by atoms with Crippen molar-refractivity contribution in [2.24, 2.45) is 0 Å². The molecule has 31 heavy (non-hydrogen) atoms. The van der Waals surface area contributed by atoms with Gasteiger partial charge in [-0.25, -0.2) is 8.42 Å². The Bertz CT molecular complexity index is 1180. The van der Waals surface area contributed by atoms with Crippen molar-refractivity contribution in [2.75, 3.05) is 18.6 Å². The van der Waals surface area contributed by atoms with Crippen LogP contribution in [0.1, 0.15) is 41.7 Å². The predicted molar refractivity (Wildman–Crippen MR) is 116 cm³/mol. The van der Waals surface area contributed by atoms with Gasteiger partial charge in [-0.15, -0.1) is 0 Å². The number of aromatic nitrogens is 4. The zero-order valence-corrected chi connectivity index (χ0v) is 19.4. The minimum atomic E-state index is -2.99. The quantitative estimate of drug-likeness (QED) is 0.529. The van der Waals surface area contributed by atoms with Crippen molar-refractivity contribution in [2.45, 2.75) is 45.7 Å². The van der Waals surface area contributed by atoms with Gasteiger partial charge in [0.1, 0.15) is 0 Å². The number of aryl methyl sites for hydroxylation is 2. The molecule has 0 unspecified atom stereocenters. The number of hydrogen-bond acceptors (Lipinski definition) is 8. The highest BCUT2D eigenvalue weighted by Gasteiger charge is 2.31. The molecule has 1 fully saturated rings. The lowest BCUT2D eigenvalue weighted by Crippen LogP contribution is -2.27. The number of nitrogens with zero attached hydrogens (tertiary/aromatic N) is 5. The van der Waals surface area contributed by atoms with E-state index in [0.717, 1.165) is 22.5 Å². The fraction of sp³-hybridized carbons (Fsp3) is 0.500. The molecule has 0 radical (unpaired) electrons. The minimum absolute atomic E-state index is 0.0368. The molecule has 0 N–H and O–H groups in total. The molecule has 9 nitrogen and oxygen atoms in total. The van der Waals surface area contributed by atoms with Crippen LogP contribution in [-0.2, 0) is 27.6 Å². The fourth-order valence-electron chi connectivity index (χ4n) is 3.85. The van der Waals surface area contributed by atoms with Crippen LogP contribution in [0.15, 0.2) is 21.3 Å². The Morgan fingerprint density at radius 3 is 2.87 bits per heavy atom. The van der Waals surface area contributed by atoms with E-state index in [4.69, 9.17) is 4.52 Å². The van der Waals surface area contributed by atoms with E-state index < -0.39 is 9.84 Å². The second-order valence-corrected chi connectivity index (χ2v) is 10.9. The second kappa shape index (κ2) is 8.54. The number of amides is 1. The largest absolute Gasteiger partial charge is 0.341 e. The molecule has 11 heteroatoms. The topological polar surface area (TPSA) is 111 Å². The normalized spacial score (nSPS) is 17.8. The van der Waals surface area contributed by atoms with Crippen LogP contribution in [-0.4, -0.2) is 57.7 Å². The fourth-order valence-corrected chi connectivity index (χ4v) is 6.17. The lowest BCUT2D eigenvalue weighted by atomic mass is 10.1. The van der Waals surface area contributed by atoms with Crippen molar-refractivity contribution in [3.05, 3.63) is 39.7 Å². The zero-order valence-electron chi connectivity index (χ0n) is 17.7. The lowest BCUT2D eigenvalue weighted by molar-refractivity contribution is -0.130. The molecule has 166 valence electrons. The third-order valence-electron chi connectivity index (χ3n) is 5.65. The standard InChI is InChI=1S/C20H25N5O4S2/c1-13-17(14(2)25(22-13)16-7-9-31(27,28)12-16)10-24(3)19(26)5-4-18-21-20(23-29-18)15-6-8-30-11-15/h6,8,11,16H,4-5,7,9-10,12H2,1-3H3/t16-/m1/s1. The molecular weight excluding hydrogens is 438 g/mol. The van der Waals surface area contributed by atoms with E-state index in [1.54, 1.807) is 23.3 Å². The SMILES string of the molecule is Cc1nn([C@@H]2CCS(=O)(=O)C2)c(C)c1CN(C)C(=O)CCc1nc(-c2ccsc2)no1. The summed E-state index contributed by atoms with van der Waals surface area (Å²) in [7, 11) is -1.24. The van der Waals surface area contributed by atoms with E-state index in [1.165, 1.54) is 0 Å². The molecule has 0 aromatic carbocycles. The van der Waals surface area contributed by atoms with Crippen molar-refractivity contribution < 1.29 is 17.7 Å². The summed E-state index contributed by atoms with van der Waals surface area (Å²) in [5, 5.41) is 12.4. The number of thiophene rings is 1. The Hall–Kier alpha value is -2.53. The van der Waals surface area contributed by atoms with Gasteiger partial charge in [-0.05, 0) is 31.7 Å². The Morgan fingerprint density at radius 1 is 1.39 bits per heavy atom. The van der Waals surface area contributed by atoms with Crippen LogP contribution >= 0.6 is 11.3 Å². The molecule has 0 aliphatic carbocycles. The van der Waals surface area contributed by atoms with Gasteiger partial charge in [0.25, 0.3) is 0 Å². The van der Waals surface area contributed by atoms with Gasteiger partial charge in [0, 0.05) is 48.6 Å². The van der Waals surface area contributed by atoms with Gasteiger partial charge in [-0.3, -0.25) is 9.48 Å². The predicted octanol–water partition coefficient (Wildman–Crippen LogP) is 2.56. The number of carbonyl (C=O) groups excluding carboxylic acids is 1. The first kappa shape index (κ1) is 21.7. The van der Waals surface area contributed by atoms with Crippen LogP contribution in [0.2, 0.25) is 0 Å². The maximum atomic E-state index is 12.7. The lowest BCUT2D eigenvalue weighted by Gasteiger charge is -2.18. The first-order chi connectivity index (χ1) is 14.7. The molecule has 1 atom stereocenters. The van der Waals surface area contributed by atoms with E-state index in [1.807, 2.05) is 35.4 Å². The molecule has 3 aromatic rings. The van der Waals surface area contributed by atoms with Gasteiger partial charge in [0.2, 0.25) is 17.6 Å². The average molecular weight is 464 g/mol. The monoisotopic (exact) mass is 463 g/mol. The van der Waals surface area contributed by atoms with Crippen molar-refractivity contribution in [3.63, 3.8) is 0 Å². The zero-order chi connectivity index (χ0) is 22.2. The van der Waals surface area contributed by atoms with Crippen LogP contribution in [0.5, 0.6) is 0 Å². The molecule has 3 aromatic heterocycles. The van der Waals surface area contributed by atoms with E-state index >= 15 is 0 Å². The molecular formula is C20H25N5O4S2. The summed E-state index contributed by atoms with van der Waals surface area (Å²) < 4.78 is 30.7. The summed E-state index contributed by atoms with van der Waals surface area (Å²) in [6, 6.07) is 1.79. The highest BCUT2D eigenvalue weighted by molar-refractivity contribution is 7.91. The first-order valence-electron chi connectivity index (χ1n) is 10.1. The minimum Gasteiger partial charge on any atom is -0.341 e. The van der Waals surface area contributed by atoms with Crippen molar-refractivity contribution in [1.82, 2.24) is 24.8 Å². The summed E-state index contributed by atoms with van der Waals surface area (Å²) in [6.45, 7) is 4.24. The van der Waals surface area contributed by atoms with Crippen molar-refractivity contribution in [1.29, 1.82) is 0 Å². The van der Waals surface area contributed by atoms with Gasteiger partial charge >= 0.3 is 0 Å². The maximum absolute atomic E-state index is 12.7. The molecule has 0 bridgehead atoms. The molecule has 4 rings (SSSR count). The molecule has 1 amide bonds. The van der Waals surface area contributed by atoms with Gasteiger partial charge < -0.3 is 9.42 Å². The average Bonchev–Trinajstić information content (AvgIpc) is 3.50. The van der Waals surface area contributed by atoms with Crippen LogP contribution in [0.25, 0.3) is 11.4 Å². The molecule has 1 saturated heterocycles.